The number of rotatable bonds is 84. The number of ether oxygens (including phenoxy) is 2. The zero-order valence-corrected chi connectivity index (χ0v) is 77.2. The number of amides is 4. The van der Waals surface area contributed by atoms with E-state index in [0.29, 0.717) is 38.5 Å². The molecule has 4 amide bonds. The quantitative estimate of drug-likeness (QED) is 0.0143. The van der Waals surface area contributed by atoms with Crippen molar-refractivity contribution in [3.63, 3.8) is 0 Å². The summed E-state index contributed by atoms with van der Waals surface area (Å²) in [5.74, 6) is -1.24. The third-order valence-corrected chi connectivity index (χ3v) is 22.4. The molecule has 19 nitrogen and oxygen atoms in total. The van der Waals surface area contributed by atoms with E-state index in [9.17, 15) is 42.9 Å². The number of phosphoric acid groups is 2. The SMILES string of the molecule is CCCCCCCCCCCCCC(=O)N[C@@H](COP(=O)(O)OCCNC(=O)NCCOP(=O)(O)OC[C@H](NC(=O)CCCCCCCCCCCCC)C(CCCCCCCCCCC)OC(=O)CCCCCCCCCCC)C(CCCCCCCCCCC)OC(=O)CCCCCCCCCCC.[H-].[H-].[Na+].[Na+]. The molecule has 4 unspecified atom stereocenters. The van der Waals surface area contributed by atoms with E-state index in [2.05, 4.69) is 62.8 Å². The Hall–Kier alpha value is -0.630. The van der Waals surface area contributed by atoms with Crippen LogP contribution in [0.1, 0.15) is 455 Å². The summed E-state index contributed by atoms with van der Waals surface area (Å²) in [6.07, 6.45) is 64.9. The molecule has 0 aromatic heterocycles. The van der Waals surface area contributed by atoms with Gasteiger partial charge < -0.3 is 43.4 Å². The largest absolute Gasteiger partial charge is 1.00 e. The Bertz CT molecular complexity index is 1990. The molecule has 0 aliphatic rings. The van der Waals surface area contributed by atoms with Crippen LogP contribution in [0, 0.1) is 0 Å². The number of hydrogen-bond acceptors (Lipinski definition) is 13. The van der Waals surface area contributed by atoms with Crippen molar-refractivity contribution in [2.24, 2.45) is 0 Å². The van der Waals surface area contributed by atoms with Crippen LogP contribution in [-0.2, 0) is 55.9 Å². The Morgan fingerprint density at radius 3 is 0.731 bits per heavy atom. The van der Waals surface area contributed by atoms with Crippen LogP contribution in [0.25, 0.3) is 0 Å². The van der Waals surface area contributed by atoms with Crippen LogP contribution >= 0.6 is 15.6 Å². The molecule has 0 rings (SSSR count). The molecule has 0 fully saturated rings. The number of hydrogen-bond donors (Lipinski definition) is 6. The second kappa shape index (κ2) is 84.3. The summed E-state index contributed by atoms with van der Waals surface area (Å²) >= 11 is 0. The molecule has 23 heteroatoms. The van der Waals surface area contributed by atoms with Crippen LogP contribution in [0.3, 0.4) is 0 Å². The molecule has 0 spiro atoms. The maximum Gasteiger partial charge on any atom is 1.00 e. The van der Waals surface area contributed by atoms with E-state index in [1.165, 1.54) is 218 Å². The fourth-order valence-electron chi connectivity index (χ4n) is 13.7. The zero-order chi connectivity index (χ0) is 77.8. The smallest absolute Gasteiger partial charge is 1.00 e. The van der Waals surface area contributed by atoms with Crippen molar-refractivity contribution in [2.75, 3.05) is 39.5 Å². The minimum Gasteiger partial charge on any atom is -1.00 e. The van der Waals surface area contributed by atoms with Gasteiger partial charge in [0.15, 0.2) is 0 Å². The third-order valence-electron chi connectivity index (χ3n) is 20.4. The molecule has 6 atom stereocenters. The second-order valence-electron chi connectivity index (χ2n) is 30.7. The maximum atomic E-state index is 13.7. The number of urea groups is 1. The van der Waals surface area contributed by atoms with Gasteiger partial charge in [-0.1, -0.05) is 375 Å². The van der Waals surface area contributed by atoms with E-state index in [-0.39, 0.29) is 124 Å². The summed E-state index contributed by atoms with van der Waals surface area (Å²) in [5, 5.41) is 11.1. The first-order valence-electron chi connectivity index (χ1n) is 44.8. The van der Waals surface area contributed by atoms with Crippen molar-refractivity contribution in [3.05, 3.63) is 0 Å². The van der Waals surface area contributed by atoms with Crippen molar-refractivity contribution in [1.82, 2.24) is 21.3 Å². The molecule has 632 valence electrons. The summed E-state index contributed by atoms with van der Waals surface area (Å²) in [5.41, 5.74) is 0. The molecule has 0 aromatic carbocycles. The van der Waals surface area contributed by atoms with Gasteiger partial charge in [0, 0.05) is 38.8 Å². The Morgan fingerprint density at radius 2 is 0.500 bits per heavy atom. The average molecular weight is 1600 g/mol. The molecule has 0 radical (unpaired) electrons. The van der Waals surface area contributed by atoms with Gasteiger partial charge in [-0.25, -0.2) is 13.9 Å². The van der Waals surface area contributed by atoms with Gasteiger partial charge in [-0.05, 0) is 51.4 Å². The van der Waals surface area contributed by atoms with Crippen LogP contribution in [0.15, 0.2) is 0 Å². The predicted octanol–water partition coefficient (Wildman–Crippen LogP) is 18.7. The average Bonchev–Trinajstić information content (AvgIpc) is 0.879. The Kier molecular flexibility index (Phi) is 87.0. The molecule has 6 N–H and O–H groups in total. The van der Waals surface area contributed by atoms with Gasteiger partial charge in [0.2, 0.25) is 11.8 Å². The first-order valence-corrected chi connectivity index (χ1v) is 47.8. The maximum absolute atomic E-state index is 13.7. The second-order valence-corrected chi connectivity index (χ2v) is 33.7. The van der Waals surface area contributed by atoms with Crippen molar-refractivity contribution in [3.8, 4) is 0 Å². The summed E-state index contributed by atoms with van der Waals surface area (Å²) in [6, 6.07) is -2.58. The first kappa shape index (κ1) is 112. The molecule has 0 saturated heterocycles. The van der Waals surface area contributed by atoms with E-state index in [1.54, 1.807) is 0 Å². The van der Waals surface area contributed by atoms with Gasteiger partial charge in [0.05, 0.1) is 38.5 Å². The van der Waals surface area contributed by atoms with Crippen molar-refractivity contribution in [1.29, 1.82) is 0 Å². The number of carbonyl (C=O) groups is 5. The van der Waals surface area contributed by atoms with E-state index < -0.39 is 72.4 Å². The van der Waals surface area contributed by atoms with Crippen molar-refractivity contribution in [2.45, 2.75) is 477 Å². The molecule has 0 aliphatic heterocycles. The molecule has 0 heterocycles. The van der Waals surface area contributed by atoms with Gasteiger partial charge in [-0.2, -0.15) is 0 Å². The van der Waals surface area contributed by atoms with Gasteiger partial charge in [0.1, 0.15) is 12.2 Å². The zero-order valence-electron chi connectivity index (χ0n) is 73.4. The van der Waals surface area contributed by atoms with Crippen LogP contribution in [0.5, 0.6) is 0 Å². The van der Waals surface area contributed by atoms with Crippen molar-refractivity contribution < 1.29 is 132 Å². The molecular formula is C85H170N4Na2O15P2. The molecule has 0 saturated carbocycles. The minimum atomic E-state index is -4.79. The number of phosphoric ester groups is 2. The Balaban J connectivity index is -0.00000919. The minimum absolute atomic E-state index is 0. The van der Waals surface area contributed by atoms with E-state index in [0.717, 1.165) is 128 Å². The molecule has 0 bridgehead atoms. The summed E-state index contributed by atoms with van der Waals surface area (Å²) in [7, 11) is -9.58. The molecule has 0 aromatic rings. The number of esters is 2. The predicted molar refractivity (Wildman–Crippen MR) is 440 cm³/mol. The van der Waals surface area contributed by atoms with Gasteiger partial charge >= 0.3 is 92.7 Å². The van der Waals surface area contributed by atoms with E-state index in [1.807, 2.05) is 0 Å². The fraction of sp³-hybridized carbons (Fsp3) is 0.941. The summed E-state index contributed by atoms with van der Waals surface area (Å²) in [6.45, 7) is 11.1. The summed E-state index contributed by atoms with van der Waals surface area (Å²) in [4.78, 5) is 89.5. The van der Waals surface area contributed by atoms with Crippen LogP contribution in [0.4, 0.5) is 4.79 Å². The van der Waals surface area contributed by atoms with Crippen molar-refractivity contribution >= 4 is 45.4 Å². The monoisotopic (exact) mass is 1600 g/mol. The van der Waals surface area contributed by atoms with Gasteiger partial charge in [-0.15, -0.1) is 0 Å². The standard InChI is InChI=1S/C85H168N4O15P2.2Na.2H/c1-7-13-19-25-31-37-39-45-49-55-61-67-81(90)88-77(79(65-59-53-47-41-33-27-21-15-9-3)103-83(92)69-63-57-51-43-35-29-23-17-11-5)75-101-105(95,96)99-73-71-86-85(94)87-72-74-100-106(97,98)102-76-78(89-82(91)68-62-56-50-46-40-38-32-26-20-14-8-2)80(66-60-54-48-42-34-28-22-16-10-4)104-84(93)70-64-58-52-44-36-30-24-18-12-6;;;;/h77-80H,7-76H2,1-6H3,(H,88,90)(H,89,91)(H,95,96)(H,97,98)(H2,86,87,94);;;;/q;2*+1;2*-1/t77-,78-,79?,80?;;;;/m0..../s1. The molecule has 108 heavy (non-hydrogen) atoms. The summed E-state index contributed by atoms with van der Waals surface area (Å²) < 4.78 is 61.1. The normalized spacial score (nSPS) is 13.6. The molecular weight excluding hydrogens is 1420 g/mol. The fourth-order valence-corrected chi connectivity index (χ4v) is 15.2. The first-order chi connectivity index (χ1) is 51.6. The van der Waals surface area contributed by atoms with Crippen LogP contribution in [-0.4, -0.2) is 103 Å². The van der Waals surface area contributed by atoms with Crippen LogP contribution < -0.4 is 80.4 Å². The molecule has 0 aliphatic carbocycles. The van der Waals surface area contributed by atoms with E-state index >= 15 is 0 Å². The van der Waals surface area contributed by atoms with Gasteiger partial charge in [0.25, 0.3) is 0 Å². The van der Waals surface area contributed by atoms with Gasteiger partial charge in [-0.3, -0.25) is 37.3 Å². The third kappa shape index (κ3) is 77.9. The van der Waals surface area contributed by atoms with E-state index in [4.69, 9.17) is 27.6 Å². The van der Waals surface area contributed by atoms with Crippen LogP contribution in [0.2, 0.25) is 0 Å². The number of carbonyl (C=O) groups excluding carboxylic acids is 5. The number of nitrogens with one attached hydrogen (secondary N) is 4. The Labute approximate surface area is 710 Å². The topological polar surface area (TPSA) is 263 Å². The Morgan fingerprint density at radius 1 is 0.296 bits per heavy atom. The number of unbranched alkanes of at least 4 members (excludes halogenated alkanes) is 52.